The first kappa shape index (κ1) is 12.8. The van der Waals surface area contributed by atoms with Crippen molar-refractivity contribution in [2.75, 3.05) is 32.5 Å². The molecule has 98 valence electrons. The molecule has 1 aliphatic rings. The molecule has 1 atom stereocenters. The molecule has 18 heavy (non-hydrogen) atoms. The molecule has 0 bridgehead atoms. The molecule has 1 unspecified atom stereocenters. The number of rotatable bonds is 3. The van der Waals surface area contributed by atoms with E-state index in [1.165, 1.54) is 4.90 Å². The molecule has 1 aromatic rings. The molecule has 2 N–H and O–H groups in total. The van der Waals surface area contributed by atoms with Gasteiger partial charge >= 0.3 is 0 Å². The monoisotopic (exact) mass is 249 g/mol. The van der Waals surface area contributed by atoms with Crippen LogP contribution in [0.15, 0.2) is 12.1 Å². The van der Waals surface area contributed by atoms with Gasteiger partial charge in [-0.1, -0.05) is 0 Å². The average molecular weight is 249 g/mol. The van der Waals surface area contributed by atoms with Gasteiger partial charge in [-0.2, -0.15) is 0 Å². The molecule has 2 heterocycles. The Hall–Kier alpha value is -1.69. The molecule has 0 saturated carbocycles. The number of nitrogens with one attached hydrogen (secondary N) is 2. The van der Waals surface area contributed by atoms with Gasteiger partial charge in [0.25, 0.3) is 5.91 Å². The zero-order valence-electron chi connectivity index (χ0n) is 11.0. The van der Waals surface area contributed by atoms with Gasteiger partial charge in [0.15, 0.2) is 5.69 Å². The minimum atomic E-state index is -0.136. The largest absolute Gasteiger partial charge is 0.362 e. The molecule has 1 amide bonds. The van der Waals surface area contributed by atoms with E-state index in [1.807, 2.05) is 0 Å². The molecule has 1 aromatic heterocycles. The summed E-state index contributed by atoms with van der Waals surface area (Å²) in [6, 6.07) is 3.50. The maximum absolute atomic E-state index is 11.7. The van der Waals surface area contributed by atoms with Crippen LogP contribution in [0.1, 0.15) is 23.8 Å². The van der Waals surface area contributed by atoms with Crippen molar-refractivity contribution in [3.63, 3.8) is 0 Å². The highest BCUT2D eigenvalue weighted by Gasteiger charge is 2.28. The van der Waals surface area contributed by atoms with Crippen LogP contribution < -0.4 is 10.6 Å². The molecule has 1 saturated heterocycles. The molecular weight excluding hydrogens is 230 g/mol. The van der Waals surface area contributed by atoms with E-state index >= 15 is 0 Å². The smallest absolute Gasteiger partial charge is 0.273 e. The number of anilines is 1. The van der Waals surface area contributed by atoms with Gasteiger partial charge in [-0.25, -0.2) is 0 Å². The third-order valence-electron chi connectivity index (χ3n) is 3.09. The number of nitrogens with zero attached hydrogens (tertiary/aromatic N) is 3. The predicted octanol–water partition coefficient (Wildman–Crippen LogP) is 0.342. The number of aromatic nitrogens is 2. The fourth-order valence-corrected chi connectivity index (χ4v) is 1.97. The Morgan fingerprint density at radius 2 is 2.22 bits per heavy atom. The quantitative estimate of drug-likeness (QED) is 0.808. The summed E-state index contributed by atoms with van der Waals surface area (Å²) in [6.45, 7) is 4.06. The summed E-state index contributed by atoms with van der Waals surface area (Å²) in [5.41, 5.74) is 0.377. The molecule has 6 heteroatoms. The maximum Gasteiger partial charge on any atom is 0.273 e. The highest BCUT2D eigenvalue weighted by Crippen LogP contribution is 2.19. The summed E-state index contributed by atoms with van der Waals surface area (Å²) in [4.78, 5) is 13.1. The van der Waals surface area contributed by atoms with E-state index in [0.717, 1.165) is 19.5 Å². The van der Waals surface area contributed by atoms with Crippen LogP contribution >= 0.6 is 0 Å². The Morgan fingerprint density at radius 1 is 1.44 bits per heavy atom. The summed E-state index contributed by atoms with van der Waals surface area (Å²) in [5.74, 6) is 0.569. The van der Waals surface area contributed by atoms with Crippen molar-refractivity contribution in [2.45, 2.75) is 18.9 Å². The SMILES string of the molecule is CN(C)C(=O)c1ccc(NC2(C)CCNC2)nn1. The summed E-state index contributed by atoms with van der Waals surface area (Å²) in [7, 11) is 3.39. The first-order valence-electron chi connectivity index (χ1n) is 6.04. The van der Waals surface area contributed by atoms with E-state index in [9.17, 15) is 4.79 Å². The van der Waals surface area contributed by atoms with Gasteiger partial charge in [0, 0.05) is 26.2 Å². The molecule has 1 fully saturated rings. The zero-order chi connectivity index (χ0) is 13.2. The highest BCUT2D eigenvalue weighted by molar-refractivity contribution is 5.91. The van der Waals surface area contributed by atoms with Gasteiger partial charge in [0.05, 0.1) is 0 Å². The first-order valence-corrected chi connectivity index (χ1v) is 6.04. The molecule has 0 radical (unpaired) electrons. The van der Waals surface area contributed by atoms with Crippen LogP contribution in [0.25, 0.3) is 0 Å². The van der Waals surface area contributed by atoms with Crippen LogP contribution in [0.4, 0.5) is 5.82 Å². The van der Waals surface area contributed by atoms with Gasteiger partial charge in [0.1, 0.15) is 5.82 Å². The Labute approximate surface area is 107 Å². The number of hydrogen-bond acceptors (Lipinski definition) is 5. The first-order chi connectivity index (χ1) is 8.50. The number of hydrogen-bond donors (Lipinski definition) is 2. The average Bonchev–Trinajstić information content (AvgIpc) is 2.76. The topological polar surface area (TPSA) is 70.2 Å². The Bertz CT molecular complexity index is 423. The van der Waals surface area contributed by atoms with E-state index in [4.69, 9.17) is 0 Å². The molecule has 0 aromatic carbocycles. The summed E-state index contributed by atoms with van der Waals surface area (Å²) < 4.78 is 0. The van der Waals surface area contributed by atoms with E-state index < -0.39 is 0 Å². The standard InChI is InChI=1S/C12H19N5O/c1-12(6-7-13-8-12)14-10-5-4-9(15-16-10)11(18)17(2)3/h4-5,13H,6-8H2,1-3H3,(H,14,16). The summed E-state index contributed by atoms with van der Waals surface area (Å²) in [5, 5.41) is 14.7. The van der Waals surface area contributed by atoms with Crippen LogP contribution in [0.2, 0.25) is 0 Å². The molecule has 0 spiro atoms. The second-order valence-corrected chi connectivity index (χ2v) is 5.12. The van der Waals surface area contributed by atoms with Crippen molar-refractivity contribution in [3.05, 3.63) is 17.8 Å². The Morgan fingerprint density at radius 3 is 2.72 bits per heavy atom. The third kappa shape index (κ3) is 2.76. The fraction of sp³-hybridized carbons (Fsp3) is 0.583. The maximum atomic E-state index is 11.7. The lowest BCUT2D eigenvalue weighted by atomic mass is 10.0. The fourth-order valence-electron chi connectivity index (χ4n) is 1.97. The normalized spacial score (nSPS) is 22.8. The number of carbonyl (C=O) groups is 1. The second-order valence-electron chi connectivity index (χ2n) is 5.12. The van der Waals surface area contributed by atoms with E-state index in [2.05, 4.69) is 27.8 Å². The minimum absolute atomic E-state index is 0.0156. The van der Waals surface area contributed by atoms with Crippen LogP contribution in [-0.4, -0.2) is 53.7 Å². The van der Waals surface area contributed by atoms with E-state index in [1.54, 1.807) is 26.2 Å². The van der Waals surface area contributed by atoms with Crippen molar-refractivity contribution in [3.8, 4) is 0 Å². The Kier molecular flexibility index (Phi) is 3.47. The summed E-state index contributed by atoms with van der Waals surface area (Å²) in [6.07, 6.45) is 1.05. The van der Waals surface area contributed by atoms with Gasteiger partial charge in [0.2, 0.25) is 0 Å². The third-order valence-corrected chi connectivity index (χ3v) is 3.09. The van der Waals surface area contributed by atoms with Crippen LogP contribution in [-0.2, 0) is 0 Å². The Balaban J connectivity index is 2.06. The van der Waals surface area contributed by atoms with E-state index in [0.29, 0.717) is 11.5 Å². The van der Waals surface area contributed by atoms with Crippen molar-refractivity contribution < 1.29 is 4.79 Å². The minimum Gasteiger partial charge on any atom is -0.362 e. The van der Waals surface area contributed by atoms with Crippen molar-refractivity contribution in [2.24, 2.45) is 0 Å². The summed E-state index contributed by atoms with van der Waals surface area (Å²) >= 11 is 0. The van der Waals surface area contributed by atoms with E-state index in [-0.39, 0.29) is 11.4 Å². The predicted molar refractivity (Wildman–Crippen MR) is 69.6 cm³/mol. The van der Waals surface area contributed by atoms with Gasteiger partial charge in [-0.15, -0.1) is 10.2 Å². The van der Waals surface area contributed by atoms with Crippen LogP contribution in [0.5, 0.6) is 0 Å². The van der Waals surface area contributed by atoms with Crippen molar-refractivity contribution in [1.82, 2.24) is 20.4 Å². The molecule has 1 aliphatic heterocycles. The van der Waals surface area contributed by atoms with Crippen molar-refractivity contribution in [1.29, 1.82) is 0 Å². The van der Waals surface area contributed by atoms with Gasteiger partial charge < -0.3 is 15.5 Å². The number of carbonyl (C=O) groups excluding carboxylic acids is 1. The van der Waals surface area contributed by atoms with Crippen LogP contribution in [0, 0.1) is 0 Å². The molecule has 0 aliphatic carbocycles. The van der Waals surface area contributed by atoms with Crippen molar-refractivity contribution >= 4 is 11.7 Å². The van der Waals surface area contributed by atoms with Gasteiger partial charge in [-0.3, -0.25) is 4.79 Å². The van der Waals surface area contributed by atoms with Crippen LogP contribution in [0.3, 0.4) is 0 Å². The molecule has 2 rings (SSSR count). The van der Waals surface area contributed by atoms with Gasteiger partial charge in [-0.05, 0) is 32.0 Å². The zero-order valence-corrected chi connectivity index (χ0v) is 11.0. The molecule has 6 nitrogen and oxygen atoms in total. The number of amides is 1. The molecular formula is C12H19N5O. The lowest BCUT2D eigenvalue weighted by Gasteiger charge is -2.24. The second kappa shape index (κ2) is 4.89. The lowest BCUT2D eigenvalue weighted by molar-refractivity contribution is 0.0821. The lowest BCUT2D eigenvalue weighted by Crippen LogP contribution is -2.37. The highest BCUT2D eigenvalue weighted by atomic mass is 16.2.